The zero-order chi connectivity index (χ0) is 12.1. The SMILES string of the molecule is CCc1cccc2c3c4n(c12)CCNC4CCC3. The number of rotatable bonds is 1. The minimum atomic E-state index is 0.611. The number of fused-ring (bicyclic) bond motifs is 3. The monoisotopic (exact) mass is 240 g/mol. The zero-order valence-corrected chi connectivity index (χ0v) is 11.0. The molecular weight excluding hydrogens is 220 g/mol. The van der Waals surface area contributed by atoms with Gasteiger partial charge in [-0.3, -0.25) is 0 Å². The summed E-state index contributed by atoms with van der Waals surface area (Å²) in [4.78, 5) is 0. The van der Waals surface area contributed by atoms with Crippen LogP contribution in [0.4, 0.5) is 0 Å². The van der Waals surface area contributed by atoms with Crippen LogP contribution in [0.1, 0.15) is 42.6 Å². The molecule has 0 saturated heterocycles. The highest BCUT2D eigenvalue weighted by atomic mass is 15.1. The maximum Gasteiger partial charge on any atom is 0.0518 e. The van der Waals surface area contributed by atoms with Crippen LogP contribution >= 0.6 is 0 Å². The van der Waals surface area contributed by atoms with E-state index in [1.807, 2.05) is 0 Å². The zero-order valence-electron chi connectivity index (χ0n) is 11.0. The second-order valence-corrected chi connectivity index (χ2v) is 5.58. The Morgan fingerprint density at radius 1 is 1.39 bits per heavy atom. The van der Waals surface area contributed by atoms with Gasteiger partial charge >= 0.3 is 0 Å². The topological polar surface area (TPSA) is 17.0 Å². The molecule has 1 unspecified atom stereocenters. The maximum absolute atomic E-state index is 3.69. The molecule has 18 heavy (non-hydrogen) atoms. The van der Waals surface area contributed by atoms with Crippen LogP contribution < -0.4 is 5.32 Å². The van der Waals surface area contributed by atoms with E-state index in [4.69, 9.17) is 0 Å². The van der Waals surface area contributed by atoms with E-state index in [0.29, 0.717) is 6.04 Å². The van der Waals surface area contributed by atoms with E-state index >= 15 is 0 Å². The Hall–Kier alpha value is -1.28. The Morgan fingerprint density at radius 3 is 3.22 bits per heavy atom. The van der Waals surface area contributed by atoms with Crippen molar-refractivity contribution in [1.29, 1.82) is 0 Å². The lowest BCUT2D eigenvalue weighted by Crippen LogP contribution is -2.35. The number of hydrogen-bond donors (Lipinski definition) is 1. The van der Waals surface area contributed by atoms with E-state index < -0.39 is 0 Å². The first kappa shape index (κ1) is 10.6. The number of aryl methyl sites for hydroxylation is 2. The molecule has 0 saturated carbocycles. The first-order valence-corrected chi connectivity index (χ1v) is 7.26. The molecule has 2 aliphatic rings. The van der Waals surface area contributed by atoms with E-state index in [9.17, 15) is 0 Å². The van der Waals surface area contributed by atoms with Crippen molar-refractivity contribution in [3.63, 3.8) is 0 Å². The molecule has 1 N–H and O–H groups in total. The number of nitrogens with zero attached hydrogens (tertiary/aromatic N) is 1. The lowest BCUT2D eigenvalue weighted by atomic mass is 9.91. The van der Waals surface area contributed by atoms with Crippen LogP contribution in [0.25, 0.3) is 10.9 Å². The van der Waals surface area contributed by atoms with Crippen LogP contribution in [-0.4, -0.2) is 11.1 Å². The van der Waals surface area contributed by atoms with Gasteiger partial charge in [0.25, 0.3) is 0 Å². The van der Waals surface area contributed by atoms with Crippen LogP contribution in [0, 0.1) is 0 Å². The molecule has 1 aliphatic heterocycles. The molecule has 0 radical (unpaired) electrons. The number of nitrogens with one attached hydrogen (secondary N) is 1. The molecule has 2 aromatic rings. The van der Waals surface area contributed by atoms with Crippen LogP contribution in [0.2, 0.25) is 0 Å². The van der Waals surface area contributed by atoms with Gasteiger partial charge in [-0.15, -0.1) is 0 Å². The quantitative estimate of drug-likeness (QED) is 0.810. The lowest BCUT2D eigenvalue weighted by molar-refractivity contribution is 0.384. The first-order chi connectivity index (χ1) is 8.90. The highest BCUT2D eigenvalue weighted by Crippen LogP contribution is 2.39. The molecule has 2 heteroatoms. The molecule has 0 amide bonds. The summed E-state index contributed by atoms with van der Waals surface area (Å²) in [5, 5.41) is 5.22. The van der Waals surface area contributed by atoms with Gasteiger partial charge in [0.2, 0.25) is 0 Å². The van der Waals surface area contributed by atoms with Gasteiger partial charge in [-0.2, -0.15) is 0 Å². The molecule has 0 spiro atoms. The number of benzene rings is 1. The lowest BCUT2D eigenvalue weighted by Gasteiger charge is -2.31. The molecule has 1 aromatic heterocycles. The molecule has 0 bridgehead atoms. The fraction of sp³-hybridized carbons (Fsp3) is 0.500. The van der Waals surface area contributed by atoms with Crippen LogP contribution in [0.5, 0.6) is 0 Å². The van der Waals surface area contributed by atoms with Gasteiger partial charge in [-0.05, 0) is 36.8 Å². The Morgan fingerprint density at radius 2 is 2.33 bits per heavy atom. The van der Waals surface area contributed by atoms with Gasteiger partial charge < -0.3 is 9.88 Å². The predicted molar refractivity (Wildman–Crippen MR) is 75.0 cm³/mol. The third-order valence-electron chi connectivity index (χ3n) is 4.67. The standard InChI is InChI=1S/C16H20N2/c1-2-11-5-3-6-12-13-7-4-8-14-16(13)18(15(11)12)10-9-17-14/h3,5-6,14,17H,2,4,7-10H2,1H3. The summed E-state index contributed by atoms with van der Waals surface area (Å²) in [6.07, 6.45) is 5.05. The van der Waals surface area contributed by atoms with E-state index in [0.717, 1.165) is 19.5 Å². The molecule has 2 nitrogen and oxygen atoms in total. The summed E-state index contributed by atoms with van der Waals surface area (Å²) in [7, 11) is 0. The normalized spacial score (nSPS) is 22.2. The molecule has 2 heterocycles. The Balaban J connectivity index is 2.12. The van der Waals surface area contributed by atoms with Crippen molar-refractivity contribution >= 4 is 10.9 Å². The average Bonchev–Trinajstić information content (AvgIpc) is 2.77. The van der Waals surface area contributed by atoms with Crippen LogP contribution in [0.3, 0.4) is 0 Å². The van der Waals surface area contributed by atoms with E-state index in [2.05, 4.69) is 35.0 Å². The Labute approximate surface area is 108 Å². The fourth-order valence-electron chi connectivity index (χ4n) is 3.92. The first-order valence-electron chi connectivity index (χ1n) is 7.26. The molecule has 0 fully saturated rings. The van der Waals surface area contributed by atoms with Crippen LogP contribution in [0.15, 0.2) is 18.2 Å². The van der Waals surface area contributed by atoms with Crippen LogP contribution in [-0.2, 0) is 19.4 Å². The average molecular weight is 240 g/mol. The molecule has 94 valence electrons. The molecule has 1 aliphatic carbocycles. The van der Waals surface area contributed by atoms with Gasteiger partial charge in [-0.25, -0.2) is 0 Å². The highest BCUT2D eigenvalue weighted by Gasteiger charge is 2.30. The van der Waals surface area contributed by atoms with E-state index in [1.165, 1.54) is 35.7 Å². The second-order valence-electron chi connectivity index (χ2n) is 5.58. The summed E-state index contributed by atoms with van der Waals surface area (Å²) in [5.41, 5.74) is 6.27. The molecule has 1 atom stereocenters. The van der Waals surface area contributed by atoms with E-state index in [1.54, 1.807) is 11.3 Å². The van der Waals surface area contributed by atoms with Gasteiger partial charge in [0, 0.05) is 30.2 Å². The Kier molecular flexibility index (Phi) is 2.28. The number of para-hydroxylation sites is 1. The number of hydrogen-bond acceptors (Lipinski definition) is 1. The second kappa shape index (κ2) is 3.86. The van der Waals surface area contributed by atoms with Crippen molar-refractivity contribution in [3.8, 4) is 0 Å². The summed E-state index contributed by atoms with van der Waals surface area (Å²) < 4.78 is 2.61. The molecule has 1 aromatic carbocycles. The fourth-order valence-corrected chi connectivity index (χ4v) is 3.92. The molecule has 4 rings (SSSR count). The van der Waals surface area contributed by atoms with Gasteiger partial charge in [0.05, 0.1) is 5.52 Å². The smallest absolute Gasteiger partial charge is 0.0518 e. The van der Waals surface area contributed by atoms with Crippen molar-refractivity contribution in [2.45, 2.75) is 45.2 Å². The third kappa shape index (κ3) is 1.27. The van der Waals surface area contributed by atoms with Crippen molar-refractivity contribution in [2.24, 2.45) is 0 Å². The number of aromatic nitrogens is 1. The van der Waals surface area contributed by atoms with Crippen molar-refractivity contribution in [1.82, 2.24) is 9.88 Å². The summed E-state index contributed by atoms with van der Waals surface area (Å²) in [6.45, 7) is 4.53. The molecular formula is C16H20N2. The maximum atomic E-state index is 3.69. The Bertz CT molecular complexity index is 607. The minimum absolute atomic E-state index is 0.611. The predicted octanol–water partition coefficient (Wildman–Crippen LogP) is 3.18. The van der Waals surface area contributed by atoms with Crippen molar-refractivity contribution < 1.29 is 0 Å². The van der Waals surface area contributed by atoms with Gasteiger partial charge in [0.1, 0.15) is 0 Å². The minimum Gasteiger partial charge on any atom is -0.341 e. The van der Waals surface area contributed by atoms with Crippen molar-refractivity contribution in [3.05, 3.63) is 35.0 Å². The summed E-state index contributed by atoms with van der Waals surface area (Å²) in [5.74, 6) is 0. The largest absolute Gasteiger partial charge is 0.341 e. The van der Waals surface area contributed by atoms with Crippen molar-refractivity contribution in [2.75, 3.05) is 6.54 Å². The third-order valence-corrected chi connectivity index (χ3v) is 4.67. The van der Waals surface area contributed by atoms with Gasteiger partial charge in [-0.1, -0.05) is 25.1 Å². The highest BCUT2D eigenvalue weighted by molar-refractivity contribution is 5.89. The van der Waals surface area contributed by atoms with E-state index in [-0.39, 0.29) is 0 Å². The summed E-state index contributed by atoms with van der Waals surface area (Å²) >= 11 is 0. The van der Waals surface area contributed by atoms with Gasteiger partial charge in [0.15, 0.2) is 0 Å². The summed E-state index contributed by atoms with van der Waals surface area (Å²) in [6, 6.07) is 7.48.